The molecule has 2 fully saturated rings. The van der Waals surface area contributed by atoms with Gasteiger partial charge in [-0.05, 0) is 57.2 Å². The van der Waals surface area contributed by atoms with Crippen LogP contribution in [0, 0.1) is 0 Å². The number of rotatable bonds is 12. The Kier molecular flexibility index (Phi) is 9.43. The summed E-state index contributed by atoms with van der Waals surface area (Å²) in [4.78, 5) is 24.0. The number of nitrogens with zero attached hydrogens (tertiary/aromatic N) is 4. The van der Waals surface area contributed by atoms with Crippen molar-refractivity contribution in [2.24, 2.45) is 0 Å². The number of hydrogen-bond donors (Lipinski definition) is 0. The van der Waals surface area contributed by atoms with Gasteiger partial charge in [0.2, 0.25) is 0 Å². The minimum atomic E-state index is -0.331. The molecule has 4 heterocycles. The zero-order chi connectivity index (χ0) is 29.8. The topological polar surface area (TPSA) is 99.8 Å². The normalized spacial score (nSPS) is 15.3. The fraction of sp³-hybridized carbons (Fsp3) is 0.438. The molecule has 9 nitrogen and oxygen atoms in total. The lowest BCUT2D eigenvalue weighted by atomic mass is 10.0. The second-order valence-electron chi connectivity index (χ2n) is 10.8. The molecule has 11 heteroatoms. The molecule has 1 aromatic carbocycles. The van der Waals surface area contributed by atoms with Crippen molar-refractivity contribution in [2.45, 2.75) is 51.6 Å². The molecule has 43 heavy (non-hydrogen) atoms. The molecule has 0 spiro atoms. The fourth-order valence-electron chi connectivity index (χ4n) is 5.47. The van der Waals surface area contributed by atoms with E-state index in [1.165, 1.54) is 0 Å². The van der Waals surface area contributed by atoms with Crippen LogP contribution in [0.2, 0.25) is 10.0 Å². The van der Waals surface area contributed by atoms with Crippen molar-refractivity contribution >= 4 is 45.8 Å². The van der Waals surface area contributed by atoms with Crippen LogP contribution >= 0.6 is 23.2 Å². The molecule has 0 amide bonds. The van der Waals surface area contributed by atoms with E-state index in [4.69, 9.17) is 46.9 Å². The van der Waals surface area contributed by atoms with Crippen LogP contribution in [-0.4, -0.2) is 60.6 Å². The predicted octanol–water partition coefficient (Wildman–Crippen LogP) is 7.02. The molecule has 0 unspecified atom stereocenters. The number of halogens is 2. The van der Waals surface area contributed by atoms with Gasteiger partial charge in [0.25, 0.3) is 0 Å². The molecule has 3 aromatic heterocycles. The number of benzene rings is 1. The Morgan fingerprint density at radius 1 is 1.07 bits per heavy atom. The summed E-state index contributed by atoms with van der Waals surface area (Å²) in [6.45, 7) is 5.99. The first-order valence-electron chi connectivity index (χ1n) is 14.8. The van der Waals surface area contributed by atoms with Crippen molar-refractivity contribution in [3.8, 4) is 11.3 Å². The first-order valence-corrected chi connectivity index (χ1v) is 15.6. The Bertz CT molecular complexity index is 1580. The van der Waals surface area contributed by atoms with Crippen molar-refractivity contribution in [2.75, 3.05) is 44.4 Å². The molecule has 1 saturated carbocycles. The van der Waals surface area contributed by atoms with Crippen molar-refractivity contribution in [1.29, 1.82) is 0 Å². The van der Waals surface area contributed by atoms with E-state index in [1.54, 1.807) is 12.4 Å². The lowest BCUT2D eigenvalue weighted by molar-refractivity contribution is 0.0528. The SMILES string of the molecule is CCOC(=O)c1ccc(N2CCOCC2)c2nc(CCCCOCc3c(-c4c(Cl)cncc4Cl)noc3C3CC3)ccc12. The Labute approximate surface area is 260 Å². The fourth-order valence-corrected chi connectivity index (χ4v) is 6.02. The molecule has 1 aliphatic carbocycles. The van der Waals surface area contributed by atoms with E-state index in [1.807, 2.05) is 31.2 Å². The number of anilines is 1. The first-order chi connectivity index (χ1) is 21.0. The van der Waals surface area contributed by atoms with Gasteiger partial charge in [-0.3, -0.25) is 9.97 Å². The number of pyridine rings is 2. The number of unbranched alkanes of at least 4 members (excludes halogenated alkanes) is 1. The van der Waals surface area contributed by atoms with Crippen molar-refractivity contribution in [3.63, 3.8) is 0 Å². The highest BCUT2D eigenvalue weighted by atomic mass is 35.5. The smallest absolute Gasteiger partial charge is 0.338 e. The highest BCUT2D eigenvalue weighted by molar-refractivity contribution is 6.38. The summed E-state index contributed by atoms with van der Waals surface area (Å²) < 4.78 is 22.7. The van der Waals surface area contributed by atoms with Crippen LogP contribution in [0.3, 0.4) is 0 Å². The molecule has 0 atom stereocenters. The van der Waals surface area contributed by atoms with Gasteiger partial charge in [-0.15, -0.1) is 0 Å². The Morgan fingerprint density at radius 2 is 1.86 bits per heavy atom. The number of morpholine rings is 1. The van der Waals surface area contributed by atoms with Crippen LogP contribution < -0.4 is 4.90 Å². The molecule has 6 rings (SSSR count). The Morgan fingerprint density at radius 3 is 2.60 bits per heavy atom. The maximum Gasteiger partial charge on any atom is 0.338 e. The van der Waals surface area contributed by atoms with E-state index in [2.05, 4.69) is 15.0 Å². The number of esters is 1. The van der Waals surface area contributed by atoms with Crippen LogP contribution in [0.1, 0.15) is 65.9 Å². The number of hydrogen-bond acceptors (Lipinski definition) is 9. The summed E-state index contributed by atoms with van der Waals surface area (Å²) in [5.74, 6) is 0.893. The molecule has 0 radical (unpaired) electrons. The zero-order valence-corrected chi connectivity index (χ0v) is 25.6. The van der Waals surface area contributed by atoms with Crippen molar-refractivity contribution in [3.05, 3.63) is 69.3 Å². The maximum absolute atomic E-state index is 12.7. The summed E-state index contributed by atoms with van der Waals surface area (Å²) in [5, 5.41) is 5.98. The lowest BCUT2D eigenvalue weighted by Gasteiger charge is -2.29. The summed E-state index contributed by atoms with van der Waals surface area (Å²) in [6, 6.07) is 7.82. The predicted molar refractivity (Wildman–Crippen MR) is 165 cm³/mol. The van der Waals surface area contributed by atoms with E-state index in [-0.39, 0.29) is 5.97 Å². The van der Waals surface area contributed by atoms with Gasteiger partial charge in [-0.25, -0.2) is 4.79 Å². The van der Waals surface area contributed by atoms with Gasteiger partial charge in [-0.1, -0.05) is 34.4 Å². The second kappa shape index (κ2) is 13.6. The number of fused-ring (bicyclic) bond motifs is 1. The molecule has 2 aliphatic rings. The number of aromatic nitrogens is 3. The maximum atomic E-state index is 12.7. The largest absolute Gasteiger partial charge is 0.462 e. The van der Waals surface area contributed by atoms with Gasteiger partial charge >= 0.3 is 5.97 Å². The van der Waals surface area contributed by atoms with Gasteiger partial charge in [0.1, 0.15) is 11.5 Å². The highest BCUT2D eigenvalue weighted by Crippen LogP contribution is 2.46. The Balaban J connectivity index is 1.11. The summed E-state index contributed by atoms with van der Waals surface area (Å²) in [7, 11) is 0. The van der Waals surface area contributed by atoms with E-state index in [0.717, 1.165) is 78.8 Å². The summed E-state index contributed by atoms with van der Waals surface area (Å²) in [6.07, 6.45) is 7.81. The van der Waals surface area contributed by atoms with Crippen molar-refractivity contribution < 1.29 is 23.5 Å². The average Bonchev–Trinajstić information content (AvgIpc) is 3.79. The molecular formula is C32H34Cl2N4O5. The first kappa shape index (κ1) is 29.8. The van der Waals surface area contributed by atoms with Crippen LogP contribution in [0.15, 0.2) is 41.2 Å². The minimum Gasteiger partial charge on any atom is -0.462 e. The number of carbonyl (C=O) groups excluding carboxylic acids is 1. The lowest BCUT2D eigenvalue weighted by Crippen LogP contribution is -2.36. The number of aryl methyl sites for hydroxylation is 1. The van der Waals surface area contributed by atoms with E-state index >= 15 is 0 Å². The minimum absolute atomic E-state index is 0.324. The zero-order valence-electron chi connectivity index (χ0n) is 24.1. The molecule has 1 saturated heterocycles. The molecule has 226 valence electrons. The Hall–Kier alpha value is -3.24. The quantitative estimate of drug-likeness (QED) is 0.121. The third-order valence-corrected chi connectivity index (χ3v) is 8.39. The standard InChI is InChI=1S/C32H34Cl2N4O5/c1-2-42-32(39)23-10-11-27(38-12-15-40-16-13-38)29-22(23)9-8-21(36-29)5-3-4-14-41-19-24-30(37-43-31(24)20-6-7-20)28-25(33)17-35-18-26(28)34/h8-11,17-18,20H,2-7,12-16,19H2,1H3. The van der Waals surface area contributed by atoms with Gasteiger partial charge in [-0.2, -0.15) is 0 Å². The number of carbonyl (C=O) groups is 1. The summed E-state index contributed by atoms with van der Waals surface area (Å²) >= 11 is 12.8. The molecule has 1 aliphatic heterocycles. The van der Waals surface area contributed by atoms with E-state index in [9.17, 15) is 4.79 Å². The highest BCUT2D eigenvalue weighted by Gasteiger charge is 2.33. The van der Waals surface area contributed by atoms with E-state index in [0.29, 0.717) is 65.8 Å². The van der Waals surface area contributed by atoms with Crippen LogP contribution in [0.25, 0.3) is 22.2 Å². The molecule has 0 bridgehead atoms. The van der Waals surface area contributed by atoms with Gasteiger partial charge in [0.05, 0.1) is 53.2 Å². The third kappa shape index (κ3) is 6.65. The number of ether oxygens (including phenoxy) is 3. The average molecular weight is 626 g/mol. The van der Waals surface area contributed by atoms with Gasteiger partial charge in [0, 0.05) is 60.2 Å². The van der Waals surface area contributed by atoms with Crippen molar-refractivity contribution in [1.82, 2.24) is 15.1 Å². The van der Waals surface area contributed by atoms with E-state index < -0.39 is 0 Å². The molecule has 0 N–H and O–H groups in total. The van der Waals surface area contributed by atoms with Gasteiger partial charge in [0.15, 0.2) is 0 Å². The van der Waals surface area contributed by atoms with Gasteiger partial charge < -0.3 is 23.6 Å². The third-order valence-electron chi connectivity index (χ3n) is 7.82. The van der Waals surface area contributed by atoms with Crippen LogP contribution in [-0.2, 0) is 27.2 Å². The van der Waals surface area contributed by atoms with Crippen LogP contribution in [0.5, 0.6) is 0 Å². The second-order valence-corrected chi connectivity index (χ2v) is 11.6. The molecule has 4 aromatic rings. The monoisotopic (exact) mass is 624 g/mol. The molecular weight excluding hydrogens is 591 g/mol. The van der Waals surface area contributed by atoms with Crippen LogP contribution in [0.4, 0.5) is 5.69 Å². The summed E-state index contributed by atoms with van der Waals surface area (Å²) in [5.41, 5.74) is 5.50.